The molecule has 0 aliphatic carbocycles. The number of aryl methyl sites for hydroxylation is 1. The first-order valence-electron chi connectivity index (χ1n) is 10.2. The average Bonchev–Trinajstić information content (AvgIpc) is 3.52. The van der Waals surface area contributed by atoms with Crippen LogP contribution in [-0.4, -0.2) is 58.8 Å². The Balaban J connectivity index is 1.37. The predicted octanol–water partition coefficient (Wildman–Crippen LogP) is 3.36. The van der Waals surface area contributed by atoms with Crippen molar-refractivity contribution in [3.8, 4) is 22.1 Å². The molecular formula is C21H20ClN5O5S. The summed E-state index contributed by atoms with van der Waals surface area (Å²) in [6.07, 6.45) is 3.68. The van der Waals surface area contributed by atoms with Gasteiger partial charge in [-0.1, -0.05) is 16.7 Å². The van der Waals surface area contributed by atoms with Gasteiger partial charge in [-0.3, -0.25) is 15.1 Å². The highest BCUT2D eigenvalue weighted by atomic mass is 35.5. The molecule has 5 heterocycles. The van der Waals surface area contributed by atoms with Crippen LogP contribution in [0.4, 0.5) is 5.13 Å². The molecule has 172 valence electrons. The van der Waals surface area contributed by atoms with Crippen molar-refractivity contribution in [1.82, 2.24) is 20.2 Å². The van der Waals surface area contributed by atoms with Crippen LogP contribution in [-0.2, 0) is 9.47 Å². The van der Waals surface area contributed by atoms with Crippen molar-refractivity contribution in [2.24, 2.45) is 5.92 Å². The van der Waals surface area contributed by atoms with E-state index in [4.69, 9.17) is 30.5 Å². The minimum absolute atomic E-state index is 0.0673. The molecule has 2 aliphatic heterocycles. The molecule has 0 bridgehead atoms. The van der Waals surface area contributed by atoms with Crippen LogP contribution in [0.2, 0.25) is 5.15 Å². The maximum Gasteiger partial charge on any atom is 0.296 e. The molecule has 2 aliphatic rings. The van der Waals surface area contributed by atoms with Crippen molar-refractivity contribution >= 4 is 34.0 Å². The molecule has 5 rings (SSSR count). The van der Waals surface area contributed by atoms with E-state index in [9.17, 15) is 4.79 Å². The van der Waals surface area contributed by atoms with Crippen LogP contribution < -0.4 is 14.8 Å². The molecule has 0 unspecified atom stereocenters. The molecule has 0 aromatic carbocycles. The van der Waals surface area contributed by atoms with Gasteiger partial charge in [0.15, 0.2) is 6.29 Å². The molecule has 3 aromatic heterocycles. The highest BCUT2D eigenvalue weighted by Gasteiger charge is 2.43. The number of carbonyl (C=O) groups excluding carboxylic acids is 1. The number of halogens is 1. The van der Waals surface area contributed by atoms with Crippen LogP contribution in [0.1, 0.15) is 22.5 Å². The molecule has 12 heteroatoms. The van der Waals surface area contributed by atoms with Gasteiger partial charge in [0.05, 0.1) is 38.0 Å². The third kappa shape index (κ3) is 4.36. The fraction of sp³-hybridized carbons (Fsp3) is 0.381. The number of fused-ring (bicyclic) bond motifs is 1. The van der Waals surface area contributed by atoms with Gasteiger partial charge in [0, 0.05) is 23.0 Å². The van der Waals surface area contributed by atoms with E-state index in [0.29, 0.717) is 41.0 Å². The van der Waals surface area contributed by atoms with Crippen LogP contribution in [0.25, 0.3) is 11.1 Å². The van der Waals surface area contributed by atoms with E-state index in [1.165, 1.54) is 7.11 Å². The van der Waals surface area contributed by atoms with Gasteiger partial charge < -0.3 is 18.9 Å². The maximum absolute atomic E-state index is 13.2. The summed E-state index contributed by atoms with van der Waals surface area (Å²) in [5.41, 5.74) is 2.09. The van der Waals surface area contributed by atoms with Gasteiger partial charge in [-0.05, 0) is 36.8 Å². The standard InChI is InChI=1S/C21H20ClN5O5S/c1-10-7-13(11-3-5-23-8-14(11)29-2)16(17(22)24-10)18(28)25-20-26-27-21(33-20)32-15-9-31-19-12(15)4-6-30-19/h3,5,7-8,12,15,19H,4,6,9H2,1-2H3,(H,25,26,28)/t12-,15-,19+/m0/s1. The molecule has 0 spiro atoms. The topological polar surface area (TPSA) is 118 Å². The summed E-state index contributed by atoms with van der Waals surface area (Å²) >= 11 is 7.52. The number of anilines is 1. The van der Waals surface area contributed by atoms with Gasteiger partial charge in [0.2, 0.25) is 5.13 Å². The summed E-state index contributed by atoms with van der Waals surface area (Å²) < 4.78 is 22.5. The molecule has 0 saturated carbocycles. The number of hydrogen-bond donors (Lipinski definition) is 1. The van der Waals surface area contributed by atoms with Gasteiger partial charge in [-0.25, -0.2) is 4.98 Å². The van der Waals surface area contributed by atoms with Crippen LogP contribution >= 0.6 is 22.9 Å². The average molecular weight is 490 g/mol. The van der Waals surface area contributed by atoms with Gasteiger partial charge in [0.1, 0.15) is 17.0 Å². The Morgan fingerprint density at radius 2 is 2.18 bits per heavy atom. The lowest BCUT2D eigenvalue weighted by Crippen LogP contribution is -2.26. The second-order valence-electron chi connectivity index (χ2n) is 7.56. The van der Waals surface area contributed by atoms with Crippen LogP contribution in [0.3, 0.4) is 0 Å². The van der Waals surface area contributed by atoms with E-state index in [1.54, 1.807) is 31.5 Å². The highest BCUT2D eigenvalue weighted by molar-refractivity contribution is 7.17. The Labute approximate surface area is 198 Å². The number of methoxy groups -OCH3 is 1. The van der Waals surface area contributed by atoms with Gasteiger partial charge >= 0.3 is 0 Å². The molecule has 1 N–H and O–H groups in total. The van der Waals surface area contributed by atoms with Crippen molar-refractivity contribution in [2.45, 2.75) is 25.7 Å². The Morgan fingerprint density at radius 1 is 1.30 bits per heavy atom. The van der Waals surface area contributed by atoms with Crippen molar-refractivity contribution in [2.75, 3.05) is 25.6 Å². The third-order valence-corrected chi connectivity index (χ3v) is 6.49. The van der Waals surface area contributed by atoms with Crippen LogP contribution in [0, 0.1) is 12.8 Å². The number of nitrogens with one attached hydrogen (secondary N) is 1. The lowest BCUT2D eigenvalue weighted by molar-refractivity contribution is -0.0906. The summed E-state index contributed by atoms with van der Waals surface area (Å²) in [5, 5.41) is 11.5. The van der Waals surface area contributed by atoms with Crippen molar-refractivity contribution in [3.05, 3.63) is 40.9 Å². The van der Waals surface area contributed by atoms with Gasteiger partial charge in [-0.15, -0.1) is 5.10 Å². The number of nitrogens with zero attached hydrogens (tertiary/aromatic N) is 4. The van der Waals surface area contributed by atoms with Crippen molar-refractivity contribution in [3.63, 3.8) is 0 Å². The smallest absolute Gasteiger partial charge is 0.296 e. The molecule has 1 amide bonds. The molecule has 3 atom stereocenters. The molecule has 2 saturated heterocycles. The zero-order valence-electron chi connectivity index (χ0n) is 17.8. The third-order valence-electron chi connectivity index (χ3n) is 5.49. The first kappa shape index (κ1) is 22.0. The molecule has 2 fully saturated rings. The summed E-state index contributed by atoms with van der Waals surface area (Å²) in [7, 11) is 1.54. The van der Waals surface area contributed by atoms with Crippen LogP contribution in [0.15, 0.2) is 24.5 Å². The number of ether oxygens (including phenoxy) is 4. The monoisotopic (exact) mass is 489 g/mol. The zero-order valence-corrected chi connectivity index (χ0v) is 19.4. The maximum atomic E-state index is 13.2. The van der Waals surface area contributed by atoms with Gasteiger partial charge in [0.25, 0.3) is 11.1 Å². The van der Waals surface area contributed by atoms with E-state index < -0.39 is 5.91 Å². The summed E-state index contributed by atoms with van der Waals surface area (Å²) in [6, 6.07) is 3.52. The van der Waals surface area contributed by atoms with E-state index in [2.05, 4.69) is 25.5 Å². The molecular weight excluding hydrogens is 470 g/mol. The van der Waals surface area contributed by atoms with Crippen molar-refractivity contribution < 1.29 is 23.7 Å². The predicted molar refractivity (Wildman–Crippen MR) is 120 cm³/mol. The number of pyridine rings is 2. The van der Waals surface area contributed by atoms with E-state index in [0.717, 1.165) is 17.8 Å². The SMILES string of the molecule is COc1cnccc1-c1cc(C)nc(Cl)c1C(=O)Nc1nnc(O[C@H]2CO[C@H]3OCC[C@H]32)s1. The number of hydrogen-bond acceptors (Lipinski definition) is 10. The normalized spacial score (nSPS) is 21.6. The Kier molecular flexibility index (Phi) is 6.11. The minimum atomic E-state index is -0.475. The lowest BCUT2D eigenvalue weighted by Gasteiger charge is -2.14. The Morgan fingerprint density at radius 3 is 3.03 bits per heavy atom. The summed E-state index contributed by atoms with van der Waals surface area (Å²) in [6.45, 7) is 2.88. The fourth-order valence-corrected chi connectivity index (χ4v) is 4.94. The number of rotatable bonds is 6. The Hall–Kier alpha value is -2.86. The second-order valence-corrected chi connectivity index (χ2v) is 8.86. The van der Waals surface area contributed by atoms with E-state index in [1.807, 2.05) is 0 Å². The summed E-state index contributed by atoms with van der Waals surface area (Å²) in [4.78, 5) is 21.5. The second kappa shape index (κ2) is 9.18. The van der Waals surface area contributed by atoms with Gasteiger partial charge in [-0.2, -0.15) is 0 Å². The molecule has 0 radical (unpaired) electrons. The largest absolute Gasteiger partial charge is 0.494 e. The van der Waals surface area contributed by atoms with E-state index >= 15 is 0 Å². The number of amides is 1. The number of carbonyl (C=O) groups is 1. The van der Waals surface area contributed by atoms with Crippen LogP contribution in [0.5, 0.6) is 10.9 Å². The van der Waals surface area contributed by atoms with Crippen molar-refractivity contribution in [1.29, 1.82) is 0 Å². The fourth-order valence-electron chi connectivity index (χ4n) is 3.97. The minimum Gasteiger partial charge on any atom is -0.494 e. The molecule has 10 nitrogen and oxygen atoms in total. The summed E-state index contributed by atoms with van der Waals surface area (Å²) in [5.74, 6) is 0.201. The molecule has 33 heavy (non-hydrogen) atoms. The zero-order chi connectivity index (χ0) is 22.9. The molecule has 3 aromatic rings. The highest BCUT2D eigenvalue weighted by Crippen LogP contribution is 2.37. The quantitative estimate of drug-likeness (QED) is 0.520. The first-order chi connectivity index (χ1) is 16.0. The number of aromatic nitrogens is 4. The first-order valence-corrected chi connectivity index (χ1v) is 11.4. The lowest BCUT2D eigenvalue weighted by atomic mass is 10.0. The van der Waals surface area contributed by atoms with E-state index in [-0.39, 0.29) is 34.2 Å². The Bertz CT molecular complexity index is 1190.